The first-order chi connectivity index (χ1) is 9.51. The minimum Gasteiger partial charge on any atom is -0.493 e. The molecule has 0 aliphatic carbocycles. The minimum atomic E-state index is -0.219. The molecule has 2 heterocycles. The lowest BCUT2D eigenvalue weighted by Gasteiger charge is -2.20. The van der Waals surface area contributed by atoms with Crippen molar-refractivity contribution in [3.05, 3.63) is 29.3 Å². The normalized spacial score (nSPS) is 12.9. The van der Waals surface area contributed by atoms with Crippen molar-refractivity contribution < 1.29 is 4.74 Å². The van der Waals surface area contributed by atoms with E-state index < -0.39 is 0 Å². The number of nitrogens with zero attached hydrogens (tertiary/aromatic N) is 4. The maximum absolute atomic E-state index is 5.78. The van der Waals surface area contributed by atoms with Gasteiger partial charge in [0.2, 0.25) is 0 Å². The van der Waals surface area contributed by atoms with Crippen LogP contribution in [0.25, 0.3) is 0 Å². The highest BCUT2D eigenvalue weighted by Crippen LogP contribution is 2.32. The fourth-order valence-electron chi connectivity index (χ4n) is 2.31. The molecule has 0 fully saturated rings. The van der Waals surface area contributed by atoms with E-state index in [-0.39, 0.29) is 12.1 Å². The molecule has 0 amide bonds. The van der Waals surface area contributed by atoms with Crippen molar-refractivity contribution in [3.8, 4) is 5.75 Å². The van der Waals surface area contributed by atoms with Crippen molar-refractivity contribution in [2.45, 2.75) is 32.9 Å². The molecule has 0 radical (unpaired) electrons. The Morgan fingerprint density at radius 2 is 2.00 bits per heavy atom. The zero-order valence-electron chi connectivity index (χ0n) is 12.6. The summed E-state index contributed by atoms with van der Waals surface area (Å²) >= 11 is 0. The van der Waals surface area contributed by atoms with E-state index in [1.165, 1.54) is 0 Å². The molecule has 7 nitrogen and oxygen atoms in total. The monoisotopic (exact) mass is 278 g/mol. The van der Waals surface area contributed by atoms with E-state index in [1.807, 2.05) is 29.5 Å². The van der Waals surface area contributed by atoms with Gasteiger partial charge in [-0.25, -0.2) is 5.43 Å². The molecule has 0 aliphatic heterocycles. The van der Waals surface area contributed by atoms with E-state index in [4.69, 9.17) is 10.6 Å². The standard InChI is InChI=1S/C13H22N6O/c1-8(2)19-13(11(20-5)7-16-19)12(17-14)10-6-15-18(4)9(10)3/h6-8,12,17H,14H2,1-5H3. The average Bonchev–Trinajstić information content (AvgIpc) is 2.98. The topological polar surface area (TPSA) is 82.9 Å². The first kappa shape index (κ1) is 14.5. The number of hydrogen-bond acceptors (Lipinski definition) is 5. The van der Waals surface area contributed by atoms with E-state index >= 15 is 0 Å². The fourth-order valence-corrected chi connectivity index (χ4v) is 2.31. The third kappa shape index (κ3) is 2.30. The predicted molar refractivity (Wildman–Crippen MR) is 76.3 cm³/mol. The molecule has 0 bridgehead atoms. The summed E-state index contributed by atoms with van der Waals surface area (Å²) in [5.74, 6) is 6.50. The van der Waals surface area contributed by atoms with Gasteiger partial charge in [-0.15, -0.1) is 0 Å². The molecule has 2 aromatic heterocycles. The molecular formula is C13H22N6O. The SMILES string of the molecule is COc1cnn(C(C)C)c1C(NN)c1cnn(C)c1C. The second-order valence-corrected chi connectivity index (χ2v) is 5.05. The van der Waals surface area contributed by atoms with Crippen molar-refractivity contribution in [2.75, 3.05) is 7.11 Å². The van der Waals surface area contributed by atoms with Crippen LogP contribution in [0.5, 0.6) is 5.75 Å². The first-order valence-corrected chi connectivity index (χ1v) is 6.57. The van der Waals surface area contributed by atoms with Gasteiger partial charge in [0.25, 0.3) is 0 Å². The summed E-state index contributed by atoms with van der Waals surface area (Å²) in [7, 11) is 3.54. The Morgan fingerprint density at radius 3 is 2.45 bits per heavy atom. The van der Waals surface area contributed by atoms with Crippen LogP contribution in [0.1, 0.15) is 42.9 Å². The Balaban J connectivity index is 2.57. The van der Waals surface area contributed by atoms with Crippen LogP contribution in [0.2, 0.25) is 0 Å². The molecule has 1 atom stereocenters. The minimum absolute atomic E-state index is 0.210. The van der Waals surface area contributed by atoms with Crippen LogP contribution in [-0.4, -0.2) is 26.7 Å². The van der Waals surface area contributed by atoms with Crippen LogP contribution in [0.4, 0.5) is 0 Å². The van der Waals surface area contributed by atoms with Crippen molar-refractivity contribution >= 4 is 0 Å². The number of aryl methyl sites for hydroxylation is 1. The molecule has 0 aromatic carbocycles. The van der Waals surface area contributed by atoms with Gasteiger partial charge in [-0.1, -0.05) is 0 Å². The lowest BCUT2D eigenvalue weighted by atomic mass is 10.0. The number of nitrogens with one attached hydrogen (secondary N) is 1. The van der Waals surface area contributed by atoms with Crippen LogP contribution in [-0.2, 0) is 7.05 Å². The number of methoxy groups -OCH3 is 1. The molecule has 3 N–H and O–H groups in total. The molecule has 1 unspecified atom stereocenters. The quantitative estimate of drug-likeness (QED) is 0.631. The third-order valence-corrected chi connectivity index (χ3v) is 3.53. The highest BCUT2D eigenvalue weighted by Gasteiger charge is 2.26. The molecule has 0 saturated carbocycles. The number of nitrogens with two attached hydrogens (primary N) is 1. The van der Waals surface area contributed by atoms with Crippen molar-refractivity contribution in [1.29, 1.82) is 0 Å². The van der Waals surface area contributed by atoms with Gasteiger partial charge >= 0.3 is 0 Å². The number of ether oxygens (including phenoxy) is 1. The van der Waals surface area contributed by atoms with Crippen LogP contribution in [0.3, 0.4) is 0 Å². The van der Waals surface area contributed by atoms with E-state index in [9.17, 15) is 0 Å². The molecule has 0 aliphatic rings. The summed E-state index contributed by atoms with van der Waals surface area (Å²) in [6.45, 7) is 6.15. The summed E-state index contributed by atoms with van der Waals surface area (Å²) in [6.07, 6.45) is 3.53. The fraction of sp³-hybridized carbons (Fsp3) is 0.538. The second kappa shape index (κ2) is 5.64. The second-order valence-electron chi connectivity index (χ2n) is 5.05. The van der Waals surface area contributed by atoms with E-state index in [1.54, 1.807) is 13.3 Å². The van der Waals surface area contributed by atoms with Crippen molar-refractivity contribution in [2.24, 2.45) is 12.9 Å². The largest absolute Gasteiger partial charge is 0.493 e. The number of hydrazine groups is 1. The summed E-state index contributed by atoms with van der Waals surface area (Å²) in [5.41, 5.74) is 5.81. The maximum Gasteiger partial charge on any atom is 0.161 e. The summed E-state index contributed by atoms with van der Waals surface area (Å²) < 4.78 is 9.16. The Bertz CT molecular complexity index is 586. The van der Waals surface area contributed by atoms with Crippen molar-refractivity contribution in [3.63, 3.8) is 0 Å². The van der Waals surface area contributed by atoms with Crippen LogP contribution < -0.4 is 16.0 Å². The molecule has 2 aromatic rings. The first-order valence-electron chi connectivity index (χ1n) is 6.57. The van der Waals surface area contributed by atoms with Gasteiger partial charge in [0.1, 0.15) is 5.69 Å². The molecule has 20 heavy (non-hydrogen) atoms. The Kier molecular flexibility index (Phi) is 4.10. The van der Waals surface area contributed by atoms with Gasteiger partial charge in [0, 0.05) is 24.3 Å². The molecule has 2 rings (SSSR count). The maximum atomic E-state index is 5.78. The van der Waals surface area contributed by atoms with Crippen LogP contribution in [0.15, 0.2) is 12.4 Å². The molecule has 0 saturated heterocycles. The zero-order chi connectivity index (χ0) is 14.9. The third-order valence-electron chi connectivity index (χ3n) is 3.53. The highest BCUT2D eigenvalue weighted by atomic mass is 16.5. The molecule has 110 valence electrons. The lowest BCUT2D eigenvalue weighted by Crippen LogP contribution is -2.31. The lowest BCUT2D eigenvalue weighted by molar-refractivity contribution is 0.394. The van der Waals surface area contributed by atoms with Crippen LogP contribution in [0, 0.1) is 6.92 Å². The Hall–Kier alpha value is -1.86. The van der Waals surface area contributed by atoms with Gasteiger partial charge in [0.05, 0.1) is 25.5 Å². The number of rotatable bonds is 5. The Labute approximate surface area is 118 Å². The zero-order valence-corrected chi connectivity index (χ0v) is 12.6. The highest BCUT2D eigenvalue weighted by molar-refractivity contribution is 5.37. The average molecular weight is 278 g/mol. The Morgan fingerprint density at radius 1 is 1.30 bits per heavy atom. The van der Waals surface area contributed by atoms with Crippen LogP contribution >= 0.6 is 0 Å². The van der Waals surface area contributed by atoms with Gasteiger partial charge in [0.15, 0.2) is 5.75 Å². The van der Waals surface area contributed by atoms with Gasteiger partial charge in [-0.2, -0.15) is 10.2 Å². The van der Waals surface area contributed by atoms with E-state index in [2.05, 4.69) is 29.5 Å². The summed E-state index contributed by atoms with van der Waals surface area (Å²) in [4.78, 5) is 0. The number of hydrogen-bond donors (Lipinski definition) is 2. The number of aromatic nitrogens is 4. The molecule has 7 heteroatoms. The van der Waals surface area contributed by atoms with Gasteiger partial charge < -0.3 is 4.74 Å². The van der Waals surface area contributed by atoms with E-state index in [0.717, 1.165) is 17.0 Å². The smallest absolute Gasteiger partial charge is 0.161 e. The molecule has 0 spiro atoms. The molecular weight excluding hydrogens is 256 g/mol. The predicted octanol–water partition coefficient (Wildman–Crippen LogP) is 1.07. The summed E-state index contributed by atoms with van der Waals surface area (Å²) in [5, 5.41) is 8.66. The van der Waals surface area contributed by atoms with Gasteiger partial charge in [-0.05, 0) is 20.8 Å². The van der Waals surface area contributed by atoms with Crippen molar-refractivity contribution in [1.82, 2.24) is 25.0 Å². The van der Waals surface area contributed by atoms with E-state index in [0.29, 0.717) is 5.75 Å². The summed E-state index contributed by atoms with van der Waals surface area (Å²) in [6, 6.07) is -0.00900. The van der Waals surface area contributed by atoms with Gasteiger partial charge in [-0.3, -0.25) is 15.2 Å².